The predicted molar refractivity (Wildman–Crippen MR) is 108 cm³/mol. The molecular weight excluding hydrogens is 400 g/mol. The SMILES string of the molecule is COc1cccc(C(=O)NCCc2nnc(NC(=O)c3ccc(Cl)cc3)s2)c1. The summed E-state index contributed by atoms with van der Waals surface area (Å²) in [4.78, 5) is 24.3. The number of nitrogens with one attached hydrogen (secondary N) is 2. The number of hydrogen-bond acceptors (Lipinski definition) is 6. The van der Waals surface area contributed by atoms with Crippen LogP contribution in [0.4, 0.5) is 5.13 Å². The van der Waals surface area contributed by atoms with E-state index in [2.05, 4.69) is 20.8 Å². The third-order valence-electron chi connectivity index (χ3n) is 3.75. The predicted octanol–water partition coefficient (Wildman–Crippen LogP) is 3.42. The van der Waals surface area contributed by atoms with Crippen LogP contribution in [0, 0.1) is 0 Å². The molecule has 28 heavy (non-hydrogen) atoms. The van der Waals surface area contributed by atoms with Crippen molar-refractivity contribution in [3.05, 3.63) is 69.7 Å². The maximum atomic E-state index is 12.2. The van der Waals surface area contributed by atoms with Crippen molar-refractivity contribution in [2.75, 3.05) is 19.0 Å². The van der Waals surface area contributed by atoms with Crippen LogP contribution in [0.3, 0.4) is 0 Å². The van der Waals surface area contributed by atoms with Gasteiger partial charge < -0.3 is 10.1 Å². The molecule has 0 radical (unpaired) electrons. The summed E-state index contributed by atoms with van der Waals surface area (Å²) in [6.07, 6.45) is 0.504. The second kappa shape index (κ2) is 9.29. The number of carbonyl (C=O) groups excluding carboxylic acids is 2. The van der Waals surface area contributed by atoms with Crippen molar-refractivity contribution in [1.82, 2.24) is 15.5 Å². The lowest BCUT2D eigenvalue weighted by molar-refractivity contribution is 0.0953. The van der Waals surface area contributed by atoms with Crippen molar-refractivity contribution in [3.8, 4) is 5.75 Å². The number of rotatable bonds is 7. The lowest BCUT2D eigenvalue weighted by Crippen LogP contribution is -2.25. The van der Waals surface area contributed by atoms with Crippen molar-refractivity contribution in [2.45, 2.75) is 6.42 Å². The normalized spacial score (nSPS) is 10.4. The van der Waals surface area contributed by atoms with E-state index in [0.717, 1.165) is 0 Å². The molecule has 3 aromatic rings. The van der Waals surface area contributed by atoms with Crippen LogP contribution in [0.1, 0.15) is 25.7 Å². The van der Waals surface area contributed by atoms with Gasteiger partial charge in [-0.15, -0.1) is 10.2 Å². The van der Waals surface area contributed by atoms with E-state index in [1.807, 2.05) is 0 Å². The van der Waals surface area contributed by atoms with Gasteiger partial charge in [0.1, 0.15) is 10.8 Å². The van der Waals surface area contributed by atoms with Crippen molar-refractivity contribution < 1.29 is 14.3 Å². The van der Waals surface area contributed by atoms with E-state index < -0.39 is 0 Å². The van der Waals surface area contributed by atoms with Crippen LogP contribution < -0.4 is 15.4 Å². The zero-order valence-corrected chi connectivity index (χ0v) is 16.5. The second-order valence-corrected chi connectivity index (χ2v) is 7.20. The number of benzene rings is 2. The van der Waals surface area contributed by atoms with Gasteiger partial charge in [-0.1, -0.05) is 29.0 Å². The molecule has 2 aromatic carbocycles. The number of nitrogens with zero attached hydrogens (tertiary/aromatic N) is 2. The molecule has 0 atom stereocenters. The summed E-state index contributed by atoms with van der Waals surface area (Å²) in [5.41, 5.74) is 0.999. The number of halogens is 1. The monoisotopic (exact) mass is 416 g/mol. The van der Waals surface area contributed by atoms with Crippen molar-refractivity contribution in [2.24, 2.45) is 0 Å². The minimum atomic E-state index is -0.286. The highest BCUT2D eigenvalue weighted by Gasteiger charge is 2.11. The van der Waals surface area contributed by atoms with Crippen LogP contribution in [0.15, 0.2) is 48.5 Å². The summed E-state index contributed by atoms with van der Waals surface area (Å²) in [6.45, 7) is 0.399. The van der Waals surface area contributed by atoms with Gasteiger partial charge >= 0.3 is 0 Å². The van der Waals surface area contributed by atoms with Crippen LogP contribution in [-0.2, 0) is 6.42 Å². The molecule has 1 heterocycles. The molecule has 0 fully saturated rings. The number of ether oxygens (including phenoxy) is 1. The van der Waals surface area contributed by atoms with E-state index in [9.17, 15) is 9.59 Å². The van der Waals surface area contributed by atoms with Gasteiger partial charge in [-0.05, 0) is 42.5 Å². The van der Waals surface area contributed by atoms with E-state index in [-0.39, 0.29) is 11.8 Å². The highest BCUT2D eigenvalue weighted by Crippen LogP contribution is 2.17. The Balaban J connectivity index is 1.49. The van der Waals surface area contributed by atoms with Gasteiger partial charge in [-0.25, -0.2) is 0 Å². The summed E-state index contributed by atoms with van der Waals surface area (Å²) >= 11 is 7.08. The van der Waals surface area contributed by atoms with Gasteiger partial charge in [-0.3, -0.25) is 14.9 Å². The van der Waals surface area contributed by atoms with Crippen molar-refractivity contribution in [1.29, 1.82) is 0 Å². The first-order chi connectivity index (χ1) is 13.5. The molecule has 0 aliphatic heterocycles. The van der Waals surface area contributed by atoms with Crippen LogP contribution in [0.25, 0.3) is 0 Å². The van der Waals surface area contributed by atoms with Gasteiger partial charge in [0, 0.05) is 29.1 Å². The first-order valence-electron chi connectivity index (χ1n) is 8.36. The van der Waals surface area contributed by atoms with Crippen LogP contribution in [-0.4, -0.2) is 35.7 Å². The smallest absolute Gasteiger partial charge is 0.257 e. The van der Waals surface area contributed by atoms with Crippen LogP contribution in [0.5, 0.6) is 5.75 Å². The summed E-state index contributed by atoms with van der Waals surface area (Å²) in [5, 5.41) is 15.2. The highest BCUT2D eigenvalue weighted by molar-refractivity contribution is 7.15. The molecule has 2 N–H and O–H groups in total. The van der Waals surface area contributed by atoms with Gasteiger partial charge in [0.2, 0.25) is 5.13 Å². The molecule has 0 aliphatic rings. The van der Waals surface area contributed by atoms with Gasteiger partial charge in [0.25, 0.3) is 11.8 Å². The fourth-order valence-corrected chi connectivity index (χ4v) is 3.19. The molecule has 0 unspecified atom stereocenters. The Hall–Kier alpha value is -2.97. The molecule has 0 bridgehead atoms. The first-order valence-corrected chi connectivity index (χ1v) is 9.56. The molecule has 7 nitrogen and oxygen atoms in total. The molecule has 1 aromatic heterocycles. The minimum Gasteiger partial charge on any atom is -0.497 e. The summed E-state index contributed by atoms with van der Waals surface area (Å²) in [7, 11) is 1.55. The maximum absolute atomic E-state index is 12.2. The minimum absolute atomic E-state index is 0.195. The fraction of sp³-hybridized carbons (Fsp3) is 0.158. The second-order valence-electron chi connectivity index (χ2n) is 5.70. The number of anilines is 1. The average Bonchev–Trinajstić information content (AvgIpc) is 3.15. The number of methoxy groups -OCH3 is 1. The highest BCUT2D eigenvalue weighted by atomic mass is 35.5. The number of carbonyl (C=O) groups is 2. The topological polar surface area (TPSA) is 93.2 Å². The Kier molecular flexibility index (Phi) is 6.57. The summed E-state index contributed by atoms with van der Waals surface area (Å²) in [5.74, 6) is 0.142. The van der Waals surface area contributed by atoms with E-state index in [4.69, 9.17) is 16.3 Å². The lowest BCUT2D eigenvalue weighted by Gasteiger charge is -2.05. The van der Waals surface area contributed by atoms with Gasteiger partial charge in [0.05, 0.1) is 7.11 Å². The Morgan fingerprint density at radius 2 is 1.86 bits per heavy atom. The third kappa shape index (κ3) is 5.28. The molecule has 0 saturated carbocycles. The Labute approximate surface area is 170 Å². The molecule has 0 spiro atoms. The molecule has 2 amide bonds. The van der Waals surface area contributed by atoms with E-state index >= 15 is 0 Å². The lowest BCUT2D eigenvalue weighted by atomic mass is 10.2. The Morgan fingerprint density at radius 1 is 1.07 bits per heavy atom. The quantitative estimate of drug-likeness (QED) is 0.615. The molecule has 9 heteroatoms. The number of aromatic nitrogens is 2. The van der Waals surface area contributed by atoms with Crippen molar-refractivity contribution in [3.63, 3.8) is 0 Å². The standard InChI is InChI=1S/C19H17ClN4O3S/c1-27-15-4-2-3-13(11-15)17(25)21-10-9-16-23-24-19(28-16)22-18(26)12-5-7-14(20)8-6-12/h2-8,11H,9-10H2,1H3,(H,21,25)(H,22,24,26). The van der Waals surface area contributed by atoms with Crippen molar-refractivity contribution >= 4 is 39.9 Å². The number of hydrogen-bond donors (Lipinski definition) is 2. The largest absolute Gasteiger partial charge is 0.497 e. The van der Waals surface area contributed by atoms with Gasteiger partial charge in [0.15, 0.2) is 0 Å². The Morgan fingerprint density at radius 3 is 2.61 bits per heavy atom. The van der Waals surface area contributed by atoms with Crippen LogP contribution >= 0.6 is 22.9 Å². The molecular formula is C19H17ClN4O3S. The molecule has 144 valence electrons. The van der Waals surface area contributed by atoms with E-state index in [1.54, 1.807) is 55.6 Å². The average molecular weight is 417 g/mol. The van der Waals surface area contributed by atoms with Crippen LogP contribution in [0.2, 0.25) is 5.02 Å². The molecule has 3 rings (SSSR count). The molecule has 0 saturated heterocycles. The van der Waals surface area contributed by atoms with E-state index in [1.165, 1.54) is 11.3 Å². The zero-order valence-electron chi connectivity index (χ0n) is 14.9. The summed E-state index contributed by atoms with van der Waals surface area (Å²) < 4.78 is 5.11. The third-order valence-corrected chi connectivity index (χ3v) is 4.90. The summed E-state index contributed by atoms with van der Waals surface area (Å²) in [6, 6.07) is 13.5. The zero-order chi connectivity index (χ0) is 19.9. The fourth-order valence-electron chi connectivity index (χ4n) is 2.33. The Bertz CT molecular complexity index is 975. The van der Waals surface area contributed by atoms with Gasteiger partial charge in [-0.2, -0.15) is 0 Å². The van der Waals surface area contributed by atoms with E-state index in [0.29, 0.717) is 45.0 Å². The first kappa shape index (κ1) is 19.8. The number of amides is 2. The maximum Gasteiger partial charge on any atom is 0.257 e. The molecule has 0 aliphatic carbocycles.